The fourth-order valence-corrected chi connectivity index (χ4v) is 10.1. The summed E-state index contributed by atoms with van der Waals surface area (Å²) in [4.78, 5) is 30.9. The maximum absolute atomic E-state index is 13.1. The normalized spacial score (nSPS) is 12.7. The standard InChI is InChI=1S/2C16H20NO5P.3CHF3O3S.Eu.5H2O/c2*1-4-21-23(19,22-5-2)15-11-8-6-10-7-9-12(20-3)14(13(10)11)17-16(15)18;3*2-1(3,4)8(5,6)7;;;;;;/h2*7,9H,4-6,8H2,1-3H3,(H,17,18);3*(H,5,6,7);;5*1H2/q;;;;;+3;;;;;/p+1. The SMILES string of the molecule is CCOP(=O)(OCC)c1c2c3c(ccc(OC)c3[nH]c1=O)CC2.CCOP(=O)(OCC)c1c2c3c(ccc(OC)c3[nH]c1=O)CC2.O.O=S(=O)([O-])C(F)(F)F.O=S(=O)([O-])C(F)(F)F.O=S(=O)([O-])C(F)(F)F.[Eu+3].[OH3+].[OH3+].[OH3+].[OH3+]. The van der Waals surface area contributed by atoms with Crippen LogP contribution < -0.4 is 31.2 Å². The quantitative estimate of drug-likeness (QED) is 0.0648. The molecule has 442 valence electrons. The number of hydrogen-bond donors (Lipinski definition) is 2. The number of aromatic nitrogens is 2. The Morgan fingerprint density at radius 2 is 0.737 bits per heavy atom. The number of methoxy groups -OCH3 is 2. The number of H-pyrrole nitrogens is 2. The number of nitrogens with one attached hydrogen (secondary N) is 2. The first-order chi connectivity index (χ1) is 31.9. The fourth-order valence-electron chi connectivity index (χ4n) is 6.40. The Labute approximate surface area is 465 Å². The van der Waals surface area contributed by atoms with Crippen molar-refractivity contribution < 1.29 is 192 Å². The largest absolute Gasteiger partial charge is 3.00 e. The van der Waals surface area contributed by atoms with E-state index >= 15 is 0 Å². The van der Waals surface area contributed by atoms with Crippen LogP contribution >= 0.6 is 15.2 Å². The minimum absolute atomic E-state index is 0. The zero-order chi connectivity index (χ0) is 54.2. The predicted molar refractivity (Wildman–Crippen MR) is 248 cm³/mol. The van der Waals surface area contributed by atoms with Crippen molar-refractivity contribution in [1.82, 2.24) is 9.97 Å². The third-order valence-corrected chi connectivity index (χ3v) is 15.0. The molecular weight excluding hydrogens is 1310 g/mol. The van der Waals surface area contributed by atoms with Gasteiger partial charge in [-0.05, 0) is 87.8 Å². The van der Waals surface area contributed by atoms with E-state index < -0.39 is 73.2 Å². The van der Waals surface area contributed by atoms with E-state index in [1.807, 2.05) is 24.3 Å². The van der Waals surface area contributed by atoms with Crippen molar-refractivity contribution >= 4 is 78.0 Å². The Morgan fingerprint density at radius 3 is 0.921 bits per heavy atom. The molecule has 2 heterocycles. The topological polar surface area (TPSA) is 490 Å². The van der Waals surface area contributed by atoms with Gasteiger partial charge < -0.3 is 78.6 Å². The van der Waals surface area contributed by atoms with Gasteiger partial charge in [0, 0.05) is 10.8 Å². The summed E-state index contributed by atoms with van der Waals surface area (Å²) in [6.45, 7) is 7.75. The van der Waals surface area contributed by atoms with Crippen molar-refractivity contribution in [3.8, 4) is 11.5 Å². The van der Waals surface area contributed by atoms with Crippen LogP contribution in [-0.2, 0) is 105 Å². The summed E-state index contributed by atoms with van der Waals surface area (Å²) in [5.74, 6) is 1.19. The summed E-state index contributed by atoms with van der Waals surface area (Å²) in [6.07, 6.45) is 2.86. The molecule has 2 aromatic carbocycles. The molecule has 0 aliphatic heterocycles. The molecule has 0 radical (unpaired) electrons. The van der Waals surface area contributed by atoms with Crippen molar-refractivity contribution in [1.29, 1.82) is 0 Å². The molecule has 0 bridgehead atoms. The fraction of sp³-hybridized carbons (Fsp3) is 0.486. The van der Waals surface area contributed by atoms with Gasteiger partial charge in [0.2, 0.25) is 0 Å². The van der Waals surface area contributed by atoms with Crippen LogP contribution in [0.4, 0.5) is 39.5 Å². The van der Waals surface area contributed by atoms with E-state index in [-0.39, 0.29) is 114 Å². The zero-order valence-corrected chi connectivity index (χ0v) is 46.6. The van der Waals surface area contributed by atoms with Crippen LogP contribution in [0.1, 0.15) is 49.9 Å². The van der Waals surface area contributed by atoms with Crippen LogP contribution in [0.25, 0.3) is 21.8 Å². The molecule has 76 heavy (non-hydrogen) atoms. The number of ether oxygens (including phenoxy) is 2. The molecule has 0 atom stereocenters. The van der Waals surface area contributed by atoms with E-state index in [9.17, 15) is 58.2 Å². The van der Waals surface area contributed by atoms with Gasteiger partial charge in [0.25, 0.3) is 11.1 Å². The van der Waals surface area contributed by atoms with Gasteiger partial charge in [-0.15, -0.1) is 0 Å². The van der Waals surface area contributed by atoms with E-state index in [0.717, 1.165) is 45.9 Å². The minimum Gasteiger partial charge on any atom is -0.741 e. The van der Waals surface area contributed by atoms with Crippen molar-refractivity contribution in [2.75, 3.05) is 40.6 Å². The Kier molecular flexibility index (Phi) is 34.4. The molecule has 6 rings (SSSR count). The second-order valence-corrected chi connectivity index (χ2v) is 21.3. The van der Waals surface area contributed by atoms with Crippen molar-refractivity contribution in [3.63, 3.8) is 0 Å². The van der Waals surface area contributed by atoms with E-state index in [1.165, 1.54) is 0 Å². The number of benzene rings is 2. The minimum atomic E-state index is -6.09. The van der Waals surface area contributed by atoms with Crippen LogP contribution in [0, 0.1) is 49.4 Å². The predicted octanol–water partition coefficient (Wildman–Crippen LogP) is 0.695. The van der Waals surface area contributed by atoms with E-state index in [2.05, 4.69) is 9.97 Å². The first-order valence-electron chi connectivity index (χ1n) is 19.2. The van der Waals surface area contributed by atoms with Gasteiger partial charge in [-0.1, -0.05) is 12.1 Å². The van der Waals surface area contributed by atoms with Crippen molar-refractivity contribution in [3.05, 3.63) is 67.2 Å². The molecule has 0 fully saturated rings. The van der Waals surface area contributed by atoms with Gasteiger partial charge in [0.15, 0.2) is 30.4 Å². The summed E-state index contributed by atoms with van der Waals surface area (Å²) in [5, 5.41) is 2.08. The number of hydrogen-bond acceptors (Lipinski definition) is 19. The summed E-state index contributed by atoms with van der Waals surface area (Å²) in [5.41, 5.74) is -12.8. The molecule has 26 nitrogen and oxygen atoms in total. The molecule has 2 aromatic heterocycles. The van der Waals surface area contributed by atoms with E-state index in [4.69, 9.17) is 66.5 Å². The Balaban J connectivity index is -0.000000296. The molecule has 2 aliphatic rings. The number of alkyl halides is 9. The maximum Gasteiger partial charge on any atom is 3.00 e. The smallest absolute Gasteiger partial charge is 0.741 e. The first kappa shape index (κ1) is 82.1. The molecular formula is C35H54EuF9N2O24P2S3+4. The number of aromatic amines is 2. The van der Waals surface area contributed by atoms with Gasteiger partial charge in [-0.3, -0.25) is 18.7 Å². The molecule has 41 heteroatoms. The number of pyridine rings is 2. The maximum atomic E-state index is 13.1. The van der Waals surface area contributed by atoms with Crippen LogP contribution in [0.15, 0.2) is 33.9 Å². The van der Waals surface area contributed by atoms with E-state index in [1.54, 1.807) is 41.9 Å². The Hall–Kier alpha value is -2.76. The van der Waals surface area contributed by atoms with Gasteiger partial charge in [0.1, 0.15) is 22.1 Å². The van der Waals surface area contributed by atoms with Crippen LogP contribution in [0.3, 0.4) is 0 Å². The average molecular weight is 1370 g/mol. The third-order valence-electron chi connectivity index (χ3n) is 8.91. The number of rotatable bonds is 12. The van der Waals surface area contributed by atoms with Crippen LogP contribution in [0.2, 0.25) is 0 Å². The Bertz CT molecular complexity index is 2840. The summed E-state index contributed by atoms with van der Waals surface area (Å²) in [7, 11) is -22.4. The third kappa shape index (κ3) is 20.1. The van der Waals surface area contributed by atoms with E-state index in [0.29, 0.717) is 35.4 Å². The summed E-state index contributed by atoms with van der Waals surface area (Å²) >= 11 is 0. The van der Waals surface area contributed by atoms with Crippen molar-refractivity contribution in [2.45, 2.75) is 69.9 Å². The van der Waals surface area contributed by atoms with Crippen LogP contribution in [0.5, 0.6) is 11.5 Å². The van der Waals surface area contributed by atoms with Gasteiger partial charge >= 0.3 is 81.1 Å². The van der Waals surface area contributed by atoms with Crippen molar-refractivity contribution in [2.24, 2.45) is 0 Å². The first-order valence-corrected chi connectivity index (χ1v) is 26.5. The average Bonchev–Trinajstić information content (AvgIpc) is 3.83. The Morgan fingerprint density at radius 1 is 0.513 bits per heavy atom. The van der Waals surface area contributed by atoms with Gasteiger partial charge in [-0.25, -0.2) is 25.3 Å². The molecule has 4 aromatic rings. The molecule has 0 spiro atoms. The monoisotopic (exact) mass is 1370 g/mol. The second kappa shape index (κ2) is 31.9. The molecule has 0 saturated heterocycles. The molecule has 0 amide bonds. The van der Waals surface area contributed by atoms with Gasteiger partial charge in [0.05, 0.1) is 51.7 Å². The summed E-state index contributed by atoms with van der Waals surface area (Å²) in [6, 6.07) is 7.64. The number of halogens is 9. The molecule has 2 aliphatic carbocycles. The van der Waals surface area contributed by atoms with Gasteiger partial charge in [-0.2, -0.15) is 39.5 Å². The summed E-state index contributed by atoms with van der Waals surface area (Å²) < 4.78 is 235. The number of aryl methyl sites for hydroxylation is 4. The molecule has 0 saturated carbocycles. The molecule has 0 unspecified atom stereocenters. The molecule has 16 N–H and O–H groups in total. The van der Waals surface area contributed by atoms with Crippen LogP contribution in [-0.4, -0.2) is 112 Å². The second-order valence-electron chi connectivity index (χ2n) is 13.3. The zero-order valence-electron chi connectivity index (χ0n) is 39.9.